The van der Waals surface area contributed by atoms with E-state index in [0.717, 1.165) is 0 Å². The molecule has 0 atom stereocenters. The molecule has 1 aromatic rings. The normalized spacial score (nSPS) is 10.6. The van der Waals surface area contributed by atoms with Crippen LogP contribution in [0.3, 0.4) is 0 Å². The first-order valence-electron chi connectivity index (χ1n) is 2.69. The summed E-state index contributed by atoms with van der Waals surface area (Å²) in [6.45, 7) is 3.82. The molecule has 0 aliphatic carbocycles. The van der Waals surface area contributed by atoms with Crippen LogP contribution in [0.4, 0.5) is 0 Å². The van der Waals surface area contributed by atoms with Gasteiger partial charge in [-0.2, -0.15) is 0 Å². The van der Waals surface area contributed by atoms with Crippen LogP contribution in [0.5, 0.6) is 0 Å². The maximum atomic E-state index is 10.2. The quantitative estimate of drug-likeness (QED) is 0.583. The predicted molar refractivity (Wildman–Crippen MR) is 28.3 cm³/mol. The van der Waals surface area contributed by atoms with Crippen molar-refractivity contribution in [2.24, 2.45) is 0 Å². The maximum Gasteiger partial charge on any atom is 0.295 e. The van der Waals surface area contributed by atoms with Crippen LogP contribution in [0.1, 0.15) is 25.6 Å². The average molecular weight is 130 g/mol. The van der Waals surface area contributed by atoms with Gasteiger partial charge in [0, 0.05) is 15.9 Å². The molecule has 0 amide bonds. The van der Waals surface area contributed by atoms with E-state index in [2.05, 4.69) is 14.9 Å². The number of aromatic nitrogens is 3. The Morgan fingerprint density at radius 2 is 2.44 bits per heavy atom. The Morgan fingerprint density at radius 3 is 2.67 bits per heavy atom. The van der Waals surface area contributed by atoms with Crippen LogP contribution in [0, 0.1) is 4.91 Å². The van der Waals surface area contributed by atoms with Gasteiger partial charge >= 0.3 is 0 Å². The number of aromatic amines is 1. The third-order valence-electron chi connectivity index (χ3n) is 0.965. The molecular weight excluding hydrogens is 122 g/mol. The van der Waals surface area contributed by atoms with Crippen molar-refractivity contribution in [3.63, 3.8) is 0 Å². The Bertz CT molecular complexity index is 236. The van der Waals surface area contributed by atoms with Gasteiger partial charge in [0.2, 0.25) is 0 Å². The fraction of sp³-hybridized carbons (Fsp3) is 0.750. The van der Waals surface area contributed by atoms with Crippen LogP contribution in [-0.4, -0.2) is 10.3 Å². The van der Waals surface area contributed by atoms with E-state index in [-0.39, 0.29) is 10.6 Å². The largest absolute Gasteiger partial charge is 0.295 e. The molecule has 0 bridgehead atoms. The van der Waals surface area contributed by atoms with Crippen molar-refractivity contribution >= 4 is 0 Å². The highest BCUT2D eigenvalue weighted by Crippen LogP contribution is 2.03. The van der Waals surface area contributed by atoms with Gasteiger partial charge in [-0.1, -0.05) is 23.6 Å². The molecule has 5 nitrogen and oxygen atoms in total. The van der Waals surface area contributed by atoms with Gasteiger partial charge in [-0.3, -0.25) is 0 Å². The van der Waals surface area contributed by atoms with Crippen molar-refractivity contribution in [3.8, 4) is 0 Å². The molecule has 9 heavy (non-hydrogen) atoms. The summed E-state index contributed by atoms with van der Waals surface area (Å²) in [6.07, 6.45) is 0. The smallest absolute Gasteiger partial charge is 0.0623 e. The minimum Gasteiger partial charge on any atom is -0.0623 e. The number of rotatable bonds is 1. The zero-order chi connectivity index (χ0) is 6.85. The van der Waals surface area contributed by atoms with E-state index in [1.54, 1.807) is 0 Å². The molecule has 50 valence electrons. The maximum absolute atomic E-state index is 10.2. The first-order valence-corrected chi connectivity index (χ1v) is 2.69. The molecule has 5 heteroatoms. The van der Waals surface area contributed by atoms with E-state index in [0.29, 0.717) is 5.82 Å². The van der Waals surface area contributed by atoms with Crippen LogP contribution in [0.25, 0.3) is 0 Å². The monoisotopic (exact) mass is 130 g/mol. The fourth-order valence-corrected chi connectivity index (χ4v) is 0.448. The van der Waals surface area contributed by atoms with Crippen LogP contribution in [-0.2, 0) is 0 Å². The number of nitrogens with zero attached hydrogens (tertiary/aromatic N) is 2. The number of hydrogen-bond donors (Lipinski definition) is 1. The van der Waals surface area contributed by atoms with Gasteiger partial charge in [0.25, 0.3) is 10.5 Å². The second kappa shape index (κ2) is 2.00. The Morgan fingerprint density at radius 1 is 1.78 bits per heavy atom. The van der Waals surface area contributed by atoms with E-state index in [9.17, 15) is 4.91 Å². The Hall–Kier alpha value is -1.13. The minimum atomic E-state index is 0.148. The van der Waals surface area contributed by atoms with Gasteiger partial charge in [0.05, 0.1) is 0 Å². The molecule has 0 spiro atoms. The van der Waals surface area contributed by atoms with Gasteiger partial charge in [0.15, 0.2) is 0 Å². The van der Waals surface area contributed by atoms with Crippen molar-refractivity contribution in [1.82, 2.24) is 10.3 Å². The molecule has 0 aliphatic heterocycles. The summed E-state index contributed by atoms with van der Waals surface area (Å²) in [5.41, 5.74) is 0. The van der Waals surface area contributed by atoms with Gasteiger partial charge < -0.3 is 0 Å². The van der Waals surface area contributed by atoms with Gasteiger partial charge in [0.1, 0.15) is 0 Å². The van der Waals surface area contributed by atoms with Crippen LogP contribution in [0.2, 0.25) is 0 Å². The van der Waals surface area contributed by atoms with Crippen molar-refractivity contribution in [1.29, 1.82) is 0 Å². The number of hydrogen-bond acceptors (Lipinski definition) is 3. The summed E-state index contributed by atoms with van der Waals surface area (Å²) in [5, 5.41) is 5.82. The van der Waals surface area contributed by atoms with Crippen molar-refractivity contribution in [3.05, 3.63) is 10.7 Å². The first-order chi connectivity index (χ1) is 4.20. The second-order valence-corrected chi connectivity index (χ2v) is 2.07. The lowest BCUT2D eigenvalue weighted by atomic mass is 10.2. The zero-order valence-corrected chi connectivity index (χ0v) is 5.29. The van der Waals surface area contributed by atoms with Gasteiger partial charge in [-0.05, 0) is 0 Å². The molecule has 0 unspecified atom stereocenters. The molecule has 0 aliphatic rings. The molecule has 0 saturated carbocycles. The molecule has 1 heterocycles. The molecule has 0 fully saturated rings. The summed E-state index contributed by atoms with van der Waals surface area (Å²) in [5.74, 6) is 0.758. The summed E-state index contributed by atoms with van der Waals surface area (Å²) in [6, 6.07) is 0. The minimum absolute atomic E-state index is 0.148. The second-order valence-electron chi connectivity index (χ2n) is 2.07. The molecule has 0 saturated heterocycles. The summed E-state index contributed by atoms with van der Waals surface area (Å²) >= 11 is 0. The Kier molecular flexibility index (Phi) is 1.33. The Balaban J connectivity index is 2.98. The SMILES string of the molecule is CC(C)c1n[n+](=O)o[nH]1. The third kappa shape index (κ3) is 1.16. The van der Waals surface area contributed by atoms with Crippen LogP contribution >= 0.6 is 0 Å². The van der Waals surface area contributed by atoms with Crippen molar-refractivity contribution in [2.45, 2.75) is 19.8 Å². The summed E-state index contributed by atoms with van der Waals surface area (Å²) in [7, 11) is 0. The van der Waals surface area contributed by atoms with Crippen LogP contribution in [0.15, 0.2) is 4.63 Å². The fourth-order valence-electron chi connectivity index (χ4n) is 0.448. The first kappa shape index (κ1) is 6.00. The van der Waals surface area contributed by atoms with E-state index in [4.69, 9.17) is 0 Å². The standard InChI is InChI=1S/C4H8N3O2/c1-3(2)4-5-7(8)9-6-4/h3H,1-2H3,(H,5,6,8)/q+1. The lowest BCUT2D eigenvalue weighted by molar-refractivity contribution is -0.761. The van der Waals surface area contributed by atoms with Gasteiger partial charge in [-0.25, -0.2) is 0 Å². The lowest BCUT2D eigenvalue weighted by Crippen LogP contribution is -2.13. The van der Waals surface area contributed by atoms with Gasteiger partial charge in [-0.15, -0.1) is 0 Å². The van der Waals surface area contributed by atoms with Crippen LogP contribution < -0.4 is 4.71 Å². The Labute approximate surface area is 51.2 Å². The number of nitrogens with one attached hydrogen (secondary N) is 1. The van der Waals surface area contributed by atoms with E-state index >= 15 is 0 Å². The molecule has 1 aromatic heterocycles. The van der Waals surface area contributed by atoms with Crippen molar-refractivity contribution in [2.75, 3.05) is 0 Å². The highest BCUT2D eigenvalue weighted by molar-refractivity contribution is 4.81. The topological polar surface area (TPSA) is 64.8 Å². The molecule has 0 radical (unpaired) electrons. The highest BCUT2D eigenvalue weighted by atomic mass is 16.7. The van der Waals surface area contributed by atoms with Crippen molar-refractivity contribution < 1.29 is 9.34 Å². The zero-order valence-electron chi connectivity index (χ0n) is 5.29. The lowest BCUT2D eigenvalue weighted by Gasteiger charge is -1.85. The molecule has 1 N–H and O–H groups in total. The number of H-pyrrole nitrogens is 1. The third-order valence-corrected chi connectivity index (χ3v) is 0.965. The van der Waals surface area contributed by atoms with E-state index < -0.39 is 0 Å². The average Bonchev–Trinajstić information content (AvgIpc) is 2.14. The van der Waals surface area contributed by atoms with E-state index in [1.807, 2.05) is 13.8 Å². The molecule has 1 rings (SSSR count). The molecule has 0 aromatic carbocycles. The van der Waals surface area contributed by atoms with E-state index in [1.165, 1.54) is 0 Å². The predicted octanol–water partition coefficient (Wildman–Crippen LogP) is 0.0406. The molecular formula is C4H8N3O2+. The highest BCUT2D eigenvalue weighted by Gasteiger charge is 2.10. The summed E-state index contributed by atoms with van der Waals surface area (Å²) < 4.78 is 4.40. The summed E-state index contributed by atoms with van der Waals surface area (Å²) in [4.78, 5) is 10.2.